The molecule has 2 rings (SSSR count). The highest BCUT2D eigenvalue weighted by Gasteiger charge is 2.11. The van der Waals surface area contributed by atoms with Gasteiger partial charge in [-0.1, -0.05) is 24.3 Å². The van der Waals surface area contributed by atoms with Crippen LogP contribution >= 0.6 is 0 Å². The van der Waals surface area contributed by atoms with Gasteiger partial charge in [-0.15, -0.1) is 0 Å². The van der Waals surface area contributed by atoms with E-state index in [9.17, 15) is 0 Å². The second-order valence-electron chi connectivity index (χ2n) is 4.84. The highest BCUT2D eigenvalue weighted by atomic mass is 15.3. The van der Waals surface area contributed by atoms with E-state index >= 15 is 0 Å². The molecular formula is C15H17N+. The van der Waals surface area contributed by atoms with Gasteiger partial charge in [0.25, 0.3) is 0 Å². The molecule has 0 N–H and O–H groups in total. The Morgan fingerprint density at radius 2 is 1.56 bits per heavy atom. The number of benzene rings is 2. The summed E-state index contributed by atoms with van der Waals surface area (Å²) in [6.07, 6.45) is 0. The summed E-state index contributed by atoms with van der Waals surface area (Å²) in [5, 5.41) is 0. The molecule has 81 valence electrons. The minimum Gasteiger partial charge on any atom is -0.298 e. The van der Waals surface area contributed by atoms with Gasteiger partial charge in [0.05, 0.1) is 21.1 Å². The van der Waals surface area contributed by atoms with Crippen molar-refractivity contribution in [1.29, 1.82) is 0 Å². The van der Waals surface area contributed by atoms with E-state index < -0.39 is 0 Å². The van der Waals surface area contributed by atoms with Crippen LogP contribution in [0.5, 0.6) is 0 Å². The smallest absolute Gasteiger partial charge is 0.132 e. The number of nitrogens with zero attached hydrogens (tertiary/aromatic N) is 1. The Morgan fingerprint density at radius 3 is 2.06 bits per heavy atom. The molecule has 0 aromatic heterocycles. The summed E-state index contributed by atoms with van der Waals surface area (Å²) in [5.41, 5.74) is 3.67. The van der Waals surface area contributed by atoms with Crippen LogP contribution in [0.25, 0.3) is 11.1 Å². The zero-order valence-electron chi connectivity index (χ0n) is 10.1. The third-order valence-corrected chi connectivity index (χ3v) is 2.66. The van der Waals surface area contributed by atoms with Crippen LogP contribution in [0.15, 0.2) is 48.5 Å². The maximum absolute atomic E-state index is 3.24. The Hall–Kier alpha value is -1.60. The molecule has 0 aliphatic rings. The first-order valence-electron chi connectivity index (χ1n) is 5.46. The Balaban J connectivity index is 2.34. The van der Waals surface area contributed by atoms with Crippen molar-refractivity contribution in [2.45, 2.75) is 0 Å². The van der Waals surface area contributed by atoms with E-state index in [1.54, 1.807) is 0 Å². The van der Waals surface area contributed by atoms with Gasteiger partial charge < -0.3 is 0 Å². The molecule has 0 unspecified atom stereocenters. The van der Waals surface area contributed by atoms with Crippen molar-refractivity contribution in [3.05, 3.63) is 54.6 Å². The monoisotopic (exact) mass is 211 g/mol. The number of quaternary nitrogens is 1. The van der Waals surface area contributed by atoms with Gasteiger partial charge in [-0.3, -0.25) is 4.48 Å². The van der Waals surface area contributed by atoms with Gasteiger partial charge in [-0.05, 0) is 41.5 Å². The lowest BCUT2D eigenvalue weighted by Crippen LogP contribution is -2.34. The van der Waals surface area contributed by atoms with Crippen molar-refractivity contribution in [2.24, 2.45) is 0 Å². The third-order valence-electron chi connectivity index (χ3n) is 2.66. The average Bonchev–Trinajstić information content (AvgIpc) is 2.29. The zero-order valence-corrected chi connectivity index (χ0v) is 10.1. The molecule has 0 bridgehead atoms. The van der Waals surface area contributed by atoms with E-state index in [4.69, 9.17) is 0 Å². The van der Waals surface area contributed by atoms with E-state index in [1.807, 2.05) is 18.2 Å². The third kappa shape index (κ3) is 2.31. The fourth-order valence-electron chi connectivity index (χ4n) is 1.66. The van der Waals surface area contributed by atoms with Crippen molar-refractivity contribution in [3.63, 3.8) is 0 Å². The first-order chi connectivity index (χ1) is 7.57. The molecule has 0 spiro atoms. The van der Waals surface area contributed by atoms with Gasteiger partial charge in [0.15, 0.2) is 0 Å². The molecule has 2 aromatic carbocycles. The Bertz CT molecular complexity index is 449. The van der Waals surface area contributed by atoms with Crippen LogP contribution in [0.3, 0.4) is 0 Å². The summed E-state index contributed by atoms with van der Waals surface area (Å²) < 4.78 is 0.846. The molecule has 16 heavy (non-hydrogen) atoms. The summed E-state index contributed by atoms with van der Waals surface area (Å²) in [4.78, 5) is 0. The number of rotatable bonds is 2. The van der Waals surface area contributed by atoms with Gasteiger partial charge in [-0.2, -0.15) is 0 Å². The molecule has 0 atom stereocenters. The first-order valence-corrected chi connectivity index (χ1v) is 5.46. The lowest BCUT2D eigenvalue weighted by molar-refractivity contribution is 0.486. The number of hydrogen-bond acceptors (Lipinski definition) is 0. The Labute approximate surface area is 97.6 Å². The molecule has 0 aliphatic carbocycles. The van der Waals surface area contributed by atoms with E-state index in [0.717, 1.165) is 10.0 Å². The van der Waals surface area contributed by atoms with Crippen molar-refractivity contribution in [1.82, 2.24) is 4.48 Å². The van der Waals surface area contributed by atoms with E-state index in [1.165, 1.54) is 11.3 Å². The van der Waals surface area contributed by atoms with E-state index in [-0.39, 0.29) is 0 Å². The highest BCUT2D eigenvalue weighted by molar-refractivity contribution is 5.65. The van der Waals surface area contributed by atoms with Crippen LogP contribution in [0.1, 0.15) is 0 Å². The molecule has 0 aliphatic heterocycles. The maximum Gasteiger partial charge on any atom is 0.132 e. The Morgan fingerprint density at radius 1 is 0.875 bits per heavy atom. The van der Waals surface area contributed by atoms with Crippen LogP contribution in [-0.2, 0) is 0 Å². The van der Waals surface area contributed by atoms with Gasteiger partial charge in [0.1, 0.15) is 5.69 Å². The van der Waals surface area contributed by atoms with Gasteiger partial charge in [0.2, 0.25) is 0 Å². The highest BCUT2D eigenvalue weighted by Crippen LogP contribution is 2.23. The second-order valence-corrected chi connectivity index (χ2v) is 4.84. The van der Waals surface area contributed by atoms with Crippen molar-refractivity contribution < 1.29 is 0 Å². The van der Waals surface area contributed by atoms with Crippen molar-refractivity contribution in [2.75, 3.05) is 21.1 Å². The molecule has 1 nitrogen and oxygen atoms in total. The molecule has 0 heterocycles. The quantitative estimate of drug-likeness (QED) is 0.668. The van der Waals surface area contributed by atoms with Crippen LogP contribution in [0.2, 0.25) is 0 Å². The second kappa shape index (κ2) is 4.11. The molecule has 1 heteroatoms. The molecule has 2 aromatic rings. The fourth-order valence-corrected chi connectivity index (χ4v) is 1.66. The predicted molar refractivity (Wildman–Crippen MR) is 70.3 cm³/mol. The maximum atomic E-state index is 3.24. The molecule has 1 radical (unpaired) electrons. The molecule has 0 saturated carbocycles. The zero-order chi connectivity index (χ0) is 11.6. The predicted octanol–water partition coefficient (Wildman–Crippen LogP) is 3.35. The van der Waals surface area contributed by atoms with Crippen LogP contribution in [0, 0.1) is 6.07 Å². The van der Waals surface area contributed by atoms with E-state index in [2.05, 4.69) is 57.5 Å². The standard InChI is InChI=1S/C15H17N/c1-16(2,3)15-11-9-14(10-12-15)13-7-5-4-6-8-13/h4-7,9-12H,1-3H3/q+1. The van der Waals surface area contributed by atoms with Gasteiger partial charge in [-0.25, -0.2) is 0 Å². The van der Waals surface area contributed by atoms with Crippen molar-refractivity contribution >= 4 is 5.69 Å². The minimum absolute atomic E-state index is 0.846. The van der Waals surface area contributed by atoms with Crippen LogP contribution in [0.4, 0.5) is 5.69 Å². The minimum atomic E-state index is 0.846. The van der Waals surface area contributed by atoms with E-state index in [0.29, 0.717) is 0 Å². The SMILES string of the molecule is C[N+](C)(C)c1ccc(-c2[c]cccc2)cc1. The lowest BCUT2D eigenvalue weighted by Gasteiger charge is -2.23. The van der Waals surface area contributed by atoms with Crippen LogP contribution < -0.4 is 4.48 Å². The molecule has 0 amide bonds. The molecular weight excluding hydrogens is 194 g/mol. The summed E-state index contributed by atoms with van der Waals surface area (Å²) in [5.74, 6) is 0. The summed E-state index contributed by atoms with van der Waals surface area (Å²) in [6, 6.07) is 20.0. The largest absolute Gasteiger partial charge is 0.298 e. The topological polar surface area (TPSA) is 0 Å². The van der Waals surface area contributed by atoms with Crippen molar-refractivity contribution in [3.8, 4) is 11.1 Å². The molecule has 0 saturated heterocycles. The summed E-state index contributed by atoms with van der Waals surface area (Å²) in [6.45, 7) is 0. The average molecular weight is 211 g/mol. The summed E-state index contributed by atoms with van der Waals surface area (Å²) >= 11 is 0. The van der Waals surface area contributed by atoms with Gasteiger partial charge >= 0.3 is 0 Å². The summed E-state index contributed by atoms with van der Waals surface area (Å²) in [7, 11) is 6.51. The Kier molecular flexibility index (Phi) is 2.80. The van der Waals surface area contributed by atoms with Crippen LogP contribution in [-0.4, -0.2) is 21.1 Å². The fraction of sp³-hybridized carbons (Fsp3) is 0.200. The normalized spacial score (nSPS) is 11.4. The first kappa shape index (κ1) is 10.9. The lowest BCUT2D eigenvalue weighted by atomic mass is 10.1. The molecule has 0 fully saturated rings. The van der Waals surface area contributed by atoms with Gasteiger partial charge in [0, 0.05) is 0 Å². The number of hydrogen-bond donors (Lipinski definition) is 0.